The molecule has 0 unspecified atom stereocenters. The summed E-state index contributed by atoms with van der Waals surface area (Å²) in [4.78, 5) is 10.2. The molecule has 0 aliphatic heterocycles. The number of hydrogen-bond acceptors (Lipinski definition) is 1. The highest BCUT2D eigenvalue weighted by Crippen LogP contribution is 2.50. The van der Waals surface area contributed by atoms with Crippen molar-refractivity contribution >= 4 is 6.29 Å². The summed E-state index contributed by atoms with van der Waals surface area (Å²) in [7, 11) is 0. The maximum atomic E-state index is 10.2. The Morgan fingerprint density at radius 3 is 2.31 bits per heavy atom. The van der Waals surface area contributed by atoms with Crippen LogP contribution in [-0.4, -0.2) is 6.29 Å². The second-order valence-electron chi connectivity index (χ2n) is 6.10. The average Bonchev–Trinajstić information content (AvgIpc) is 2.76. The summed E-state index contributed by atoms with van der Waals surface area (Å²) in [5.74, 6) is 0.984. The van der Waals surface area contributed by atoms with E-state index in [4.69, 9.17) is 0 Å². The van der Waals surface area contributed by atoms with Gasteiger partial charge in [-0.25, -0.2) is 0 Å². The van der Waals surface area contributed by atoms with Crippen LogP contribution in [-0.2, 0) is 4.79 Å². The first-order valence-electron chi connectivity index (χ1n) is 7.28. The number of hydrogen-bond donors (Lipinski definition) is 0. The molecule has 92 valence electrons. The number of carbonyl (C=O) groups is 1. The molecule has 0 aromatic rings. The van der Waals surface area contributed by atoms with E-state index < -0.39 is 0 Å². The van der Waals surface area contributed by atoms with Gasteiger partial charge in [-0.15, -0.1) is 0 Å². The first kappa shape index (κ1) is 12.1. The number of aldehydes is 1. The summed E-state index contributed by atoms with van der Waals surface area (Å²) in [6, 6.07) is 0. The summed E-state index contributed by atoms with van der Waals surface area (Å²) < 4.78 is 0. The maximum Gasteiger partial charge on any atom is 0.119 e. The minimum atomic E-state index is 0.774. The highest BCUT2D eigenvalue weighted by molar-refractivity contribution is 5.48. The fourth-order valence-electron chi connectivity index (χ4n) is 3.86. The first-order valence-corrected chi connectivity index (χ1v) is 7.28. The molecule has 2 fully saturated rings. The lowest BCUT2D eigenvalue weighted by Gasteiger charge is -2.37. The fourth-order valence-corrected chi connectivity index (χ4v) is 3.86. The highest BCUT2D eigenvalue weighted by Gasteiger charge is 2.36. The van der Waals surface area contributed by atoms with E-state index in [1.54, 1.807) is 0 Å². The Hall–Kier alpha value is -0.330. The maximum absolute atomic E-state index is 10.2. The molecular weight excluding hydrogens is 196 g/mol. The van der Waals surface area contributed by atoms with E-state index in [1.807, 2.05) is 0 Å². The average molecular weight is 222 g/mol. The predicted octanol–water partition coefficient (Wildman–Crippen LogP) is 4.50. The minimum Gasteiger partial charge on any atom is -0.303 e. The van der Waals surface area contributed by atoms with Crippen molar-refractivity contribution in [2.24, 2.45) is 11.3 Å². The summed E-state index contributed by atoms with van der Waals surface area (Å²) in [6.07, 6.45) is 17.6. The molecule has 1 nitrogen and oxygen atoms in total. The third kappa shape index (κ3) is 3.09. The molecule has 0 heterocycles. The van der Waals surface area contributed by atoms with Gasteiger partial charge in [-0.2, -0.15) is 0 Å². The van der Waals surface area contributed by atoms with Gasteiger partial charge in [-0.3, -0.25) is 0 Å². The second kappa shape index (κ2) is 5.84. The molecule has 0 amide bonds. The molecule has 2 saturated carbocycles. The molecular formula is C15H26O. The summed E-state index contributed by atoms with van der Waals surface area (Å²) >= 11 is 0. The monoisotopic (exact) mass is 222 g/mol. The third-order valence-electron chi connectivity index (χ3n) is 5.01. The molecule has 1 heteroatoms. The van der Waals surface area contributed by atoms with Gasteiger partial charge in [-0.05, 0) is 56.3 Å². The molecule has 0 aromatic carbocycles. The van der Waals surface area contributed by atoms with Crippen molar-refractivity contribution in [1.82, 2.24) is 0 Å². The topological polar surface area (TPSA) is 17.1 Å². The minimum absolute atomic E-state index is 0.774. The van der Waals surface area contributed by atoms with Crippen molar-refractivity contribution in [2.75, 3.05) is 0 Å². The van der Waals surface area contributed by atoms with Gasteiger partial charge in [-0.1, -0.05) is 25.7 Å². The van der Waals surface area contributed by atoms with Crippen LogP contribution in [0.5, 0.6) is 0 Å². The van der Waals surface area contributed by atoms with Gasteiger partial charge >= 0.3 is 0 Å². The Balaban J connectivity index is 1.63. The van der Waals surface area contributed by atoms with Crippen molar-refractivity contribution in [1.29, 1.82) is 0 Å². The number of carbonyl (C=O) groups excluding carboxylic acids is 1. The summed E-state index contributed by atoms with van der Waals surface area (Å²) in [5.41, 5.74) is 0.791. The van der Waals surface area contributed by atoms with E-state index in [0.717, 1.165) is 30.5 Å². The highest BCUT2D eigenvalue weighted by atomic mass is 16.1. The van der Waals surface area contributed by atoms with Crippen LogP contribution in [0.1, 0.15) is 77.0 Å². The van der Waals surface area contributed by atoms with E-state index in [0.29, 0.717) is 0 Å². The van der Waals surface area contributed by atoms with Gasteiger partial charge < -0.3 is 4.79 Å². The van der Waals surface area contributed by atoms with E-state index >= 15 is 0 Å². The van der Waals surface area contributed by atoms with Crippen LogP contribution in [0.2, 0.25) is 0 Å². The van der Waals surface area contributed by atoms with Crippen molar-refractivity contribution in [2.45, 2.75) is 77.0 Å². The van der Waals surface area contributed by atoms with Crippen LogP contribution in [0.15, 0.2) is 0 Å². The van der Waals surface area contributed by atoms with E-state index in [2.05, 4.69) is 0 Å². The number of rotatable bonds is 5. The normalized spacial score (nSPS) is 25.0. The summed E-state index contributed by atoms with van der Waals surface area (Å²) in [5, 5.41) is 0. The van der Waals surface area contributed by atoms with E-state index in [9.17, 15) is 4.79 Å². The molecule has 0 N–H and O–H groups in total. The Bertz CT molecular complexity index is 205. The lowest BCUT2D eigenvalue weighted by molar-refractivity contribution is -0.107. The molecule has 1 spiro atoms. The Labute approximate surface area is 100.0 Å². The molecule has 2 rings (SSSR count). The molecule has 16 heavy (non-hydrogen) atoms. The second-order valence-corrected chi connectivity index (χ2v) is 6.10. The standard InChI is InChI=1S/C15H26O/c16-13-5-1-2-6-14-7-11-15(12-8-14)9-3-4-10-15/h13-14H,1-12H2. The molecule has 0 atom stereocenters. The lowest BCUT2D eigenvalue weighted by Crippen LogP contribution is -2.24. The Morgan fingerprint density at radius 1 is 1.00 bits per heavy atom. The zero-order chi connectivity index (χ0) is 11.3. The first-order chi connectivity index (χ1) is 7.85. The summed E-state index contributed by atoms with van der Waals surface area (Å²) in [6.45, 7) is 0. The van der Waals surface area contributed by atoms with Crippen LogP contribution in [0.3, 0.4) is 0 Å². The van der Waals surface area contributed by atoms with E-state index in [-0.39, 0.29) is 0 Å². The fraction of sp³-hybridized carbons (Fsp3) is 0.933. The van der Waals surface area contributed by atoms with Gasteiger partial charge in [0.05, 0.1) is 0 Å². The van der Waals surface area contributed by atoms with Gasteiger partial charge in [0.25, 0.3) is 0 Å². The third-order valence-corrected chi connectivity index (χ3v) is 5.01. The Morgan fingerprint density at radius 2 is 1.69 bits per heavy atom. The van der Waals surface area contributed by atoms with Gasteiger partial charge in [0.2, 0.25) is 0 Å². The largest absolute Gasteiger partial charge is 0.303 e. The van der Waals surface area contributed by atoms with Crippen molar-refractivity contribution in [3.8, 4) is 0 Å². The van der Waals surface area contributed by atoms with Crippen LogP contribution in [0, 0.1) is 11.3 Å². The van der Waals surface area contributed by atoms with Crippen LogP contribution >= 0.6 is 0 Å². The smallest absolute Gasteiger partial charge is 0.119 e. The van der Waals surface area contributed by atoms with E-state index in [1.165, 1.54) is 64.2 Å². The van der Waals surface area contributed by atoms with Crippen LogP contribution in [0.25, 0.3) is 0 Å². The molecule has 2 aliphatic carbocycles. The van der Waals surface area contributed by atoms with Gasteiger partial charge in [0, 0.05) is 6.42 Å². The quantitative estimate of drug-likeness (QED) is 0.494. The van der Waals surface area contributed by atoms with Gasteiger partial charge in [0.1, 0.15) is 6.29 Å². The molecule has 0 bridgehead atoms. The number of unbranched alkanes of at least 4 members (excludes halogenated alkanes) is 2. The van der Waals surface area contributed by atoms with Crippen molar-refractivity contribution < 1.29 is 4.79 Å². The molecule has 0 radical (unpaired) electrons. The molecule has 0 saturated heterocycles. The Kier molecular flexibility index (Phi) is 4.43. The molecule has 2 aliphatic rings. The van der Waals surface area contributed by atoms with Crippen molar-refractivity contribution in [3.63, 3.8) is 0 Å². The van der Waals surface area contributed by atoms with Crippen LogP contribution in [0.4, 0.5) is 0 Å². The SMILES string of the molecule is O=CCCCCC1CCC2(CCCC2)CC1. The lowest BCUT2D eigenvalue weighted by atomic mass is 9.68. The van der Waals surface area contributed by atoms with Crippen molar-refractivity contribution in [3.05, 3.63) is 0 Å². The van der Waals surface area contributed by atoms with Gasteiger partial charge in [0.15, 0.2) is 0 Å². The zero-order valence-corrected chi connectivity index (χ0v) is 10.5. The predicted molar refractivity (Wildman–Crippen MR) is 67.4 cm³/mol. The molecule has 0 aromatic heterocycles. The van der Waals surface area contributed by atoms with Crippen LogP contribution < -0.4 is 0 Å². The zero-order valence-electron chi connectivity index (χ0n) is 10.5.